The molecule has 1 aromatic carbocycles. The van der Waals surface area contributed by atoms with Gasteiger partial charge >= 0.3 is 6.18 Å². The van der Waals surface area contributed by atoms with Crippen LogP contribution in [0.3, 0.4) is 0 Å². The molecule has 5 heteroatoms. The Kier molecular flexibility index (Phi) is 6.02. The van der Waals surface area contributed by atoms with E-state index in [4.69, 9.17) is 5.73 Å². The Morgan fingerprint density at radius 2 is 1.85 bits per heavy atom. The molecule has 0 aromatic heterocycles. The normalized spacial score (nSPS) is 12.2. The number of hydrogen-bond acceptors (Lipinski definition) is 2. The van der Waals surface area contributed by atoms with Crippen molar-refractivity contribution in [1.29, 1.82) is 0 Å². The molecule has 0 aliphatic carbocycles. The molecule has 20 heavy (non-hydrogen) atoms. The van der Waals surface area contributed by atoms with Crippen molar-refractivity contribution in [3.63, 3.8) is 0 Å². The Hall–Kier alpha value is -1.07. The first-order chi connectivity index (χ1) is 9.31. The molecule has 1 aromatic rings. The molecule has 0 radical (unpaired) electrons. The predicted octanol–water partition coefficient (Wildman–Crippen LogP) is 3.60. The Labute approximate surface area is 117 Å². The van der Waals surface area contributed by atoms with Crippen LogP contribution in [-0.4, -0.2) is 11.7 Å². The van der Waals surface area contributed by atoms with Gasteiger partial charge in [-0.15, -0.1) is 0 Å². The molecular weight excluding hydrogens is 267 g/mol. The zero-order chi connectivity index (χ0) is 15.3. The second-order valence-electron chi connectivity index (χ2n) is 5.28. The first kappa shape index (κ1) is 17.0. The number of aliphatic hydroxyl groups excluding tert-OH is 1. The van der Waals surface area contributed by atoms with E-state index in [0.717, 1.165) is 18.4 Å². The highest BCUT2D eigenvalue weighted by molar-refractivity contribution is 5.42. The third-order valence-electron chi connectivity index (χ3n) is 3.31. The summed E-state index contributed by atoms with van der Waals surface area (Å²) in [5, 5.41) is 9.26. The zero-order valence-electron chi connectivity index (χ0n) is 11.9. The van der Waals surface area contributed by atoms with Gasteiger partial charge in [0.25, 0.3) is 0 Å². The third kappa shape index (κ3) is 4.21. The Morgan fingerprint density at radius 3 is 2.30 bits per heavy atom. The van der Waals surface area contributed by atoms with Crippen LogP contribution in [0, 0.1) is 0 Å². The van der Waals surface area contributed by atoms with E-state index in [9.17, 15) is 18.3 Å². The largest absolute Gasteiger partial charge is 0.417 e. The number of aryl methyl sites for hydroxylation is 1. The number of alkyl halides is 3. The van der Waals surface area contributed by atoms with Crippen molar-refractivity contribution in [3.8, 4) is 0 Å². The number of aliphatic hydroxyl groups is 1. The summed E-state index contributed by atoms with van der Waals surface area (Å²) in [6.07, 6.45) is -2.08. The maximum atomic E-state index is 13.2. The van der Waals surface area contributed by atoms with Crippen LogP contribution in [0.1, 0.15) is 54.9 Å². The molecule has 0 aliphatic heterocycles. The number of benzene rings is 1. The van der Waals surface area contributed by atoms with Gasteiger partial charge in [-0.3, -0.25) is 0 Å². The Balaban J connectivity index is 3.24. The lowest BCUT2D eigenvalue weighted by Crippen LogP contribution is -2.15. The van der Waals surface area contributed by atoms with Gasteiger partial charge < -0.3 is 10.8 Å². The van der Waals surface area contributed by atoms with E-state index >= 15 is 0 Å². The van der Waals surface area contributed by atoms with Crippen molar-refractivity contribution in [3.05, 3.63) is 34.4 Å². The van der Waals surface area contributed by atoms with E-state index in [2.05, 4.69) is 0 Å². The van der Waals surface area contributed by atoms with Crippen LogP contribution in [0.5, 0.6) is 0 Å². The fourth-order valence-corrected chi connectivity index (χ4v) is 2.34. The lowest BCUT2D eigenvalue weighted by Gasteiger charge is -2.20. The number of hydrogen-bond donors (Lipinski definition) is 2. The van der Waals surface area contributed by atoms with Gasteiger partial charge in [-0.05, 0) is 48.4 Å². The average Bonchev–Trinajstić information content (AvgIpc) is 2.36. The van der Waals surface area contributed by atoms with E-state index in [1.807, 2.05) is 0 Å². The highest BCUT2D eigenvalue weighted by Gasteiger charge is 2.36. The van der Waals surface area contributed by atoms with Crippen LogP contribution >= 0.6 is 0 Å². The van der Waals surface area contributed by atoms with E-state index in [1.54, 1.807) is 19.9 Å². The summed E-state index contributed by atoms with van der Waals surface area (Å²) in [6.45, 7) is 3.44. The van der Waals surface area contributed by atoms with Gasteiger partial charge in [-0.25, -0.2) is 0 Å². The minimum atomic E-state index is -4.44. The second-order valence-corrected chi connectivity index (χ2v) is 5.28. The summed E-state index contributed by atoms with van der Waals surface area (Å²) in [5.41, 5.74) is 5.79. The zero-order valence-corrected chi connectivity index (χ0v) is 11.9. The molecule has 0 atom stereocenters. The quantitative estimate of drug-likeness (QED) is 0.786. The third-order valence-corrected chi connectivity index (χ3v) is 3.31. The highest BCUT2D eigenvalue weighted by atomic mass is 19.4. The highest BCUT2D eigenvalue weighted by Crippen LogP contribution is 2.38. The summed E-state index contributed by atoms with van der Waals surface area (Å²) >= 11 is 0. The maximum Gasteiger partial charge on any atom is 0.417 e. The van der Waals surface area contributed by atoms with Crippen molar-refractivity contribution in [1.82, 2.24) is 0 Å². The molecule has 3 N–H and O–H groups in total. The van der Waals surface area contributed by atoms with Gasteiger partial charge in [0.15, 0.2) is 0 Å². The number of unbranched alkanes of at least 4 members (excludes halogenated alkanes) is 1. The fraction of sp³-hybridized carbons (Fsp3) is 0.600. The van der Waals surface area contributed by atoms with Gasteiger partial charge in [0, 0.05) is 0 Å². The molecule has 1 rings (SSSR count). The van der Waals surface area contributed by atoms with Crippen molar-refractivity contribution in [2.45, 2.75) is 51.8 Å². The van der Waals surface area contributed by atoms with Crippen molar-refractivity contribution in [2.75, 3.05) is 6.54 Å². The Bertz CT molecular complexity index is 441. The van der Waals surface area contributed by atoms with E-state index < -0.39 is 18.3 Å². The van der Waals surface area contributed by atoms with Crippen LogP contribution in [0.25, 0.3) is 0 Å². The molecule has 0 spiro atoms. The van der Waals surface area contributed by atoms with Crippen LogP contribution in [0.15, 0.2) is 12.1 Å². The lowest BCUT2D eigenvalue weighted by atomic mass is 9.89. The van der Waals surface area contributed by atoms with Crippen LogP contribution in [0.2, 0.25) is 0 Å². The summed E-state index contributed by atoms with van der Waals surface area (Å²) in [6, 6.07) is 3.08. The molecule has 114 valence electrons. The van der Waals surface area contributed by atoms with Crippen molar-refractivity contribution in [2.24, 2.45) is 5.73 Å². The van der Waals surface area contributed by atoms with Crippen LogP contribution in [0.4, 0.5) is 13.2 Å². The number of halogens is 3. The number of nitrogens with two attached hydrogens (primary N) is 1. The topological polar surface area (TPSA) is 46.2 Å². The minimum Gasteiger partial charge on any atom is -0.392 e. The van der Waals surface area contributed by atoms with Crippen LogP contribution < -0.4 is 5.73 Å². The molecule has 0 bridgehead atoms. The van der Waals surface area contributed by atoms with Crippen LogP contribution in [-0.2, 0) is 19.2 Å². The first-order valence-corrected chi connectivity index (χ1v) is 6.85. The van der Waals surface area contributed by atoms with E-state index in [0.29, 0.717) is 13.0 Å². The first-order valence-electron chi connectivity index (χ1n) is 6.85. The minimum absolute atomic E-state index is 0.0357. The van der Waals surface area contributed by atoms with Crippen molar-refractivity contribution >= 4 is 0 Å². The van der Waals surface area contributed by atoms with Gasteiger partial charge in [0.1, 0.15) is 0 Å². The van der Waals surface area contributed by atoms with Crippen molar-refractivity contribution < 1.29 is 18.3 Å². The monoisotopic (exact) mass is 289 g/mol. The molecule has 0 unspecified atom stereocenters. The summed E-state index contributed by atoms with van der Waals surface area (Å²) in [7, 11) is 0. The SMILES string of the molecule is CC(C)c1cc(CCCCN)cc(CO)c1C(F)(F)F. The predicted molar refractivity (Wildman–Crippen MR) is 73.4 cm³/mol. The maximum absolute atomic E-state index is 13.2. The van der Waals surface area contributed by atoms with Gasteiger partial charge in [0.2, 0.25) is 0 Å². The molecule has 0 heterocycles. The van der Waals surface area contributed by atoms with Gasteiger partial charge in [0.05, 0.1) is 12.2 Å². The fourth-order valence-electron chi connectivity index (χ4n) is 2.34. The molecule has 0 amide bonds. The molecule has 0 aliphatic rings. The average molecular weight is 289 g/mol. The molecule has 0 saturated carbocycles. The van der Waals surface area contributed by atoms with E-state index in [1.165, 1.54) is 6.07 Å². The lowest BCUT2D eigenvalue weighted by molar-refractivity contribution is -0.139. The standard InChI is InChI=1S/C15H22F3NO/c1-10(2)13-8-11(5-3-4-6-19)7-12(9-20)14(13)15(16,17)18/h7-8,10,20H,3-6,9,19H2,1-2H3. The van der Waals surface area contributed by atoms with Gasteiger partial charge in [-0.2, -0.15) is 13.2 Å². The summed E-state index contributed by atoms with van der Waals surface area (Å²) in [5.74, 6) is -0.244. The Morgan fingerprint density at radius 1 is 1.20 bits per heavy atom. The summed E-state index contributed by atoms with van der Waals surface area (Å²) in [4.78, 5) is 0. The second kappa shape index (κ2) is 7.09. The van der Waals surface area contributed by atoms with E-state index in [-0.39, 0.29) is 17.0 Å². The van der Waals surface area contributed by atoms with Gasteiger partial charge in [-0.1, -0.05) is 26.0 Å². The summed E-state index contributed by atoms with van der Waals surface area (Å²) < 4.78 is 39.5. The number of rotatable bonds is 6. The molecule has 2 nitrogen and oxygen atoms in total. The molecule has 0 saturated heterocycles. The smallest absolute Gasteiger partial charge is 0.392 e. The molecular formula is C15H22F3NO. The molecule has 0 fully saturated rings.